The second-order valence-electron chi connectivity index (χ2n) is 5.31. The minimum atomic E-state index is -0.852. The summed E-state index contributed by atoms with van der Waals surface area (Å²) in [5, 5.41) is 20.5. The van der Waals surface area contributed by atoms with Crippen LogP contribution in [0.25, 0.3) is 0 Å². The number of hydrogen-bond acceptors (Lipinski definition) is 4. The Hall–Kier alpha value is -0.261. The molecule has 0 radical (unpaired) electrons. The molecule has 0 aromatic carbocycles. The van der Waals surface area contributed by atoms with Gasteiger partial charge in [0.1, 0.15) is 0 Å². The van der Waals surface area contributed by atoms with Gasteiger partial charge in [0.05, 0.1) is 0 Å². The fraction of sp³-hybridized carbons (Fsp3) is 0.857. The van der Waals surface area contributed by atoms with Crippen LogP contribution in [0.5, 0.6) is 0 Å². The summed E-state index contributed by atoms with van der Waals surface area (Å²) in [6.45, 7) is 0. The van der Waals surface area contributed by atoms with Crippen LogP contribution in [0.3, 0.4) is 0 Å². The van der Waals surface area contributed by atoms with E-state index in [9.17, 15) is 19.8 Å². The van der Waals surface area contributed by atoms with Gasteiger partial charge in [-0.15, -0.1) is 0 Å². The molecule has 0 atom stereocenters. The number of hydrogen-bond donors (Lipinski definition) is 0. The molecule has 0 spiro atoms. The molecule has 2 aliphatic rings. The topological polar surface area (TPSA) is 80.3 Å². The van der Waals surface area contributed by atoms with Crippen molar-refractivity contribution in [1.29, 1.82) is 0 Å². The molecule has 2 rings (SSSR count). The molecule has 2 aliphatic carbocycles. The molecule has 0 amide bonds. The van der Waals surface area contributed by atoms with Gasteiger partial charge in [0, 0.05) is 11.9 Å². The molecule has 5 heteroatoms. The average Bonchev–Trinajstić information content (AvgIpc) is 2.41. The molecule has 0 aliphatic heterocycles. The van der Waals surface area contributed by atoms with Crippen molar-refractivity contribution in [3.8, 4) is 0 Å². The van der Waals surface area contributed by atoms with Gasteiger partial charge in [0.2, 0.25) is 0 Å². The van der Waals surface area contributed by atoms with Crippen molar-refractivity contribution in [3.05, 3.63) is 0 Å². The van der Waals surface area contributed by atoms with Crippen LogP contribution < -0.4 is 10.2 Å². The first kappa shape index (κ1) is 18.7. The van der Waals surface area contributed by atoms with Crippen molar-refractivity contribution >= 4 is 35.8 Å². The molecule has 0 saturated heterocycles. The fourth-order valence-electron chi connectivity index (χ4n) is 2.68. The van der Waals surface area contributed by atoms with E-state index in [1.54, 1.807) is 0 Å². The first-order valence-electron chi connectivity index (χ1n) is 7.03. The van der Waals surface area contributed by atoms with Gasteiger partial charge in [-0.25, -0.2) is 0 Å². The molecule has 2 fully saturated rings. The maximum atomic E-state index is 10.2. The quantitative estimate of drug-likeness (QED) is 0.622. The predicted molar refractivity (Wildman–Crippen MR) is 71.7 cm³/mol. The molecular formula is C14H24O4Sn. The number of carbonyl (C=O) groups is 2. The third kappa shape index (κ3) is 7.80. The van der Waals surface area contributed by atoms with Crippen molar-refractivity contribution in [2.45, 2.75) is 64.2 Å². The summed E-state index contributed by atoms with van der Waals surface area (Å²) in [6, 6.07) is 0. The first-order valence-corrected chi connectivity index (χ1v) is 7.03. The Labute approximate surface area is 131 Å². The van der Waals surface area contributed by atoms with Crippen LogP contribution >= 0.6 is 0 Å². The van der Waals surface area contributed by atoms with Gasteiger partial charge in [-0.05, 0) is 37.5 Å². The van der Waals surface area contributed by atoms with E-state index in [-0.39, 0.29) is 35.7 Å². The fourth-order valence-corrected chi connectivity index (χ4v) is 2.68. The van der Waals surface area contributed by atoms with Crippen LogP contribution in [0.15, 0.2) is 0 Å². The molecule has 0 aromatic heterocycles. The van der Waals surface area contributed by atoms with E-state index in [0.717, 1.165) is 51.4 Å². The van der Waals surface area contributed by atoms with Gasteiger partial charge in [0.25, 0.3) is 0 Å². The van der Waals surface area contributed by atoms with Crippen LogP contribution in [0.2, 0.25) is 0 Å². The Morgan fingerprint density at radius 2 is 0.895 bits per heavy atom. The van der Waals surface area contributed by atoms with Crippen molar-refractivity contribution in [1.82, 2.24) is 0 Å². The third-order valence-electron chi connectivity index (χ3n) is 3.88. The first-order chi connectivity index (χ1) is 8.61. The Balaban J connectivity index is 0.000000324. The standard InChI is InChI=1S/2C7H12O2.Sn.2H/c2*8-7(9)6-4-2-1-3-5-6;;;/h2*6H,1-5H2,(H,8,9);;;/q;;+2;;/p-2. The zero-order valence-corrected chi connectivity index (χ0v) is 15.6. The normalized spacial score (nSPS) is 20.6. The predicted octanol–water partition coefficient (Wildman–Crippen LogP) is -0.283. The Bertz CT molecular complexity index is 241. The second kappa shape index (κ2) is 10.5. The van der Waals surface area contributed by atoms with Crippen LogP contribution in [-0.2, 0) is 9.59 Å². The van der Waals surface area contributed by atoms with Gasteiger partial charge in [-0.3, -0.25) is 0 Å². The number of carboxylic acid groups (broad SMARTS) is 2. The summed E-state index contributed by atoms with van der Waals surface area (Å²) in [7, 11) is 0. The van der Waals surface area contributed by atoms with Crippen LogP contribution in [-0.4, -0.2) is 35.8 Å². The van der Waals surface area contributed by atoms with E-state index in [1.807, 2.05) is 0 Å². The molecule has 0 bridgehead atoms. The molecule has 4 nitrogen and oxygen atoms in total. The summed E-state index contributed by atoms with van der Waals surface area (Å²) in [5.41, 5.74) is 0. The summed E-state index contributed by atoms with van der Waals surface area (Å²) in [6.07, 6.45) is 10.0. The second-order valence-corrected chi connectivity index (χ2v) is 5.31. The van der Waals surface area contributed by atoms with E-state index in [2.05, 4.69) is 0 Å². The number of carboxylic acids is 2. The molecule has 0 heterocycles. The molecule has 2 saturated carbocycles. The van der Waals surface area contributed by atoms with Crippen LogP contribution in [0.4, 0.5) is 0 Å². The van der Waals surface area contributed by atoms with E-state index < -0.39 is 11.9 Å². The number of rotatable bonds is 2. The van der Waals surface area contributed by atoms with E-state index in [4.69, 9.17) is 0 Å². The van der Waals surface area contributed by atoms with Gasteiger partial charge >= 0.3 is 23.9 Å². The Kier molecular flexibility index (Phi) is 10.4. The molecule has 19 heavy (non-hydrogen) atoms. The minimum absolute atomic E-state index is 0. The van der Waals surface area contributed by atoms with Gasteiger partial charge in [-0.2, -0.15) is 0 Å². The summed E-state index contributed by atoms with van der Waals surface area (Å²) < 4.78 is 0. The van der Waals surface area contributed by atoms with E-state index in [0.29, 0.717) is 0 Å². The summed E-state index contributed by atoms with van der Waals surface area (Å²) in [4.78, 5) is 20.5. The number of carbonyl (C=O) groups excluding carboxylic acids is 2. The average molecular weight is 375 g/mol. The molecule has 0 unspecified atom stereocenters. The van der Waals surface area contributed by atoms with Crippen LogP contribution in [0.1, 0.15) is 64.2 Å². The van der Waals surface area contributed by atoms with E-state index in [1.165, 1.54) is 12.8 Å². The van der Waals surface area contributed by atoms with Crippen molar-refractivity contribution < 1.29 is 19.8 Å². The van der Waals surface area contributed by atoms with Crippen molar-refractivity contribution in [3.63, 3.8) is 0 Å². The van der Waals surface area contributed by atoms with Gasteiger partial charge in [-0.1, -0.05) is 38.5 Å². The van der Waals surface area contributed by atoms with Gasteiger partial charge in [0.15, 0.2) is 0 Å². The molecule has 108 valence electrons. The van der Waals surface area contributed by atoms with Crippen molar-refractivity contribution in [2.75, 3.05) is 0 Å². The Morgan fingerprint density at radius 1 is 0.632 bits per heavy atom. The monoisotopic (exact) mass is 376 g/mol. The Morgan fingerprint density at radius 3 is 1.05 bits per heavy atom. The maximum absolute atomic E-state index is 10.2. The summed E-state index contributed by atoms with van der Waals surface area (Å²) in [5.74, 6) is -1.98. The van der Waals surface area contributed by atoms with E-state index >= 15 is 0 Å². The van der Waals surface area contributed by atoms with Gasteiger partial charge < -0.3 is 19.8 Å². The zero-order valence-electron chi connectivity index (χ0n) is 11.6. The van der Waals surface area contributed by atoms with Crippen molar-refractivity contribution in [2.24, 2.45) is 11.8 Å². The third-order valence-corrected chi connectivity index (χ3v) is 3.88. The molecule has 0 N–H and O–H groups in total. The number of aliphatic carboxylic acids is 2. The molecular weight excluding hydrogens is 351 g/mol. The molecule has 0 aromatic rings. The SMILES string of the molecule is O=C([O-])C1CCCCC1.O=C([O-])C1CCCCC1.[SnH2+2]. The summed E-state index contributed by atoms with van der Waals surface area (Å²) >= 11 is 0. The zero-order chi connectivity index (χ0) is 13.4. The van der Waals surface area contributed by atoms with Crippen LogP contribution in [0, 0.1) is 11.8 Å².